The lowest BCUT2D eigenvalue weighted by molar-refractivity contribution is -0.117. The van der Waals surface area contributed by atoms with Gasteiger partial charge in [0.25, 0.3) is 0 Å². The van der Waals surface area contributed by atoms with Gasteiger partial charge < -0.3 is 14.7 Å². The van der Waals surface area contributed by atoms with Crippen LogP contribution in [0, 0.1) is 11.7 Å². The van der Waals surface area contributed by atoms with Crippen LogP contribution in [0.2, 0.25) is 0 Å². The molecule has 0 aromatic heterocycles. The van der Waals surface area contributed by atoms with E-state index in [9.17, 15) is 9.18 Å². The van der Waals surface area contributed by atoms with E-state index in [2.05, 4.69) is 0 Å². The summed E-state index contributed by atoms with van der Waals surface area (Å²) in [6.07, 6.45) is 0.257. The molecule has 0 bridgehead atoms. The van der Waals surface area contributed by atoms with Crippen molar-refractivity contribution in [2.75, 3.05) is 25.2 Å². The van der Waals surface area contributed by atoms with Crippen LogP contribution in [0.15, 0.2) is 18.2 Å². The molecular formula is C12H14FNO3. The number of carbonyl (C=O) groups excluding carboxylic acids is 1. The van der Waals surface area contributed by atoms with Gasteiger partial charge in [0.05, 0.1) is 12.8 Å². The molecule has 0 saturated carbocycles. The van der Waals surface area contributed by atoms with E-state index in [4.69, 9.17) is 9.84 Å². The van der Waals surface area contributed by atoms with Crippen LogP contribution in [0.4, 0.5) is 10.1 Å². The van der Waals surface area contributed by atoms with E-state index in [0.29, 0.717) is 6.54 Å². The quantitative estimate of drug-likeness (QED) is 0.861. The number of hydrogen-bond donors (Lipinski definition) is 1. The molecule has 5 heteroatoms. The van der Waals surface area contributed by atoms with Crippen molar-refractivity contribution in [2.24, 2.45) is 5.92 Å². The second kappa shape index (κ2) is 4.71. The van der Waals surface area contributed by atoms with Crippen molar-refractivity contribution < 1.29 is 19.0 Å². The summed E-state index contributed by atoms with van der Waals surface area (Å²) in [5.74, 6) is -0.714. The minimum Gasteiger partial charge on any atom is -0.494 e. The largest absolute Gasteiger partial charge is 0.494 e. The number of aliphatic hydroxyl groups is 1. The van der Waals surface area contributed by atoms with E-state index >= 15 is 0 Å². The van der Waals surface area contributed by atoms with Crippen LogP contribution in [0.1, 0.15) is 6.42 Å². The smallest absolute Gasteiger partial charge is 0.227 e. The van der Waals surface area contributed by atoms with Gasteiger partial charge in [-0.25, -0.2) is 4.39 Å². The Balaban J connectivity index is 2.32. The molecule has 1 amide bonds. The zero-order valence-electron chi connectivity index (χ0n) is 9.52. The second-order valence-electron chi connectivity index (χ2n) is 4.05. The molecule has 4 nitrogen and oxygen atoms in total. The molecule has 1 saturated heterocycles. The number of hydrogen-bond acceptors (Lipinski definition) is 3. The molecule has 1 unspecified atom stereocenters. The minimum absolute atomic E-state index is 0.0617. The molecule has 1 N–H and O–H groups in total. The van der Waals surface area contributed by atoms with Crippen molar-refractivity contribution >= 4 is 11.6 Å². The summed E-state index contributed by atoms with van der Waals surface area (Å²) in [6.45, 7) is 0.285. The number of methoxy groups -OCH3 is 1. The van der Waals surface area contributed by atoms with Gasteiger partial charge in [-0.15, -0.1) is 0 Å². The summed E-state index contributed by atoms with van der Waals surface area (Å²) in [5, 5.41) is 9.02. The maximum Gasteiger partial charge on any atom is 0.227 e. The van der Waals surface area contributed by atoms with Gasteiger partial charge in [-0.1, -0.05) is 6.07 Å². The first-order valence-corrected chi connectivity index (χ1v) is 5.41. The highest BCUT2D eigenvalue weighted by Gasteiger charge is 2.32. The van der Waals surface area contributed by atoms with Crippen molar-refractivity contribution in [1.29, 1.82) is 0 Å². The average molecular weight is 239 g/mol. The SMILES string of the molecule is COc1cccc(N2CC(CO)CC2=O)c1F. The van der Waals surface area contributed by atoms with Crippen molar-refractivity contribution in [3.8, 4) is 5.75 Å². The first-order chi connectivity index (χ1) is 8.17. The van der Waals surface area contributed by atoms with E-state index in [-0.39, 0.29) is 36.3 Å². The van der Waals surface area contributed by atoms with Gasteiger partial charge >= 0.3 is 0 Å². The molecule has 0 aliphatic carbocycles. The number of carbonyl (C=O) groups is 1. The topological polar surface area (TPSA) is 49.8 Å². The van der Waals surface area contributed by atoms with Crippen LogP contribution < -0.4 is 9.64 Å². The number of amides is 1. The van der Waals surface area contributed by atoms with Crippen LogP contribution in [0.5, 0.6) is 5.75 Å². The van der Waals surface area contributed by atoms with Crippen molar-refractivity contribution in [1.82, 2.24) is 0 Å². The maximum absolute atomic E-state index is 13.9. The zero-order valence-corrected chi connectivity index (χ0v) is 9.52. The Morgan fingerprint density at radius 1 is 1.59 bits per heavy atom. The molecule has 1 aliphatic rings. The third kappa shape index (κ3) is 2.10. The third-order valence-corrected chi connectivity index (χ3v) is 2.92. The predicted molar refractivity (Wildman–Crippen MR) is 60.5 cm³/mol. The normalized spacial score (nSPS) is 19.8. The Labute approximate surface area is 98.6 Å². The fraction of sp³-hybridized carbons (Fsp3) is 0.417. The summed E-state index contributed by atoms with van der Waals surface area (Å²) in [6, 6.07) is 4.68. The van der Waals surface area contributed by atoms with E-state index in [1.54, 1.807) is 6.07 Å². The first kappa shape index (κ1) is 11.9. The standard InChI is InChI=1S/C12H14FNO3/c1-17-10-4-2-3-9(12(10)13)14-6-8(7-15)5-11(14)16/h2-4,8,15H,5-7H2,1H3. The van der Waals surface area contributed by atoms with E-state index in [1.807, 2.05) is 0 Å². The van der Waals surface area contributed by atoms with Crippen molar-refractivity contribution in [2.45, 2.75) is 6.42 Å². The predicted octanol–water partition coefficient (Wildman–Crippen LogP) is 1.18. The fourth-order valence-electron chi connectivity index (χ4n) is 2.00. The highest BCUT2D eigenvalue weighted by atomic mass is 19.1. The molecule has 1 fully saturated rings. The lowest BCUT2D eigenvalue weighted by atomic mass is 10.1. The van der Waals surface area contributed by atoms with Crippen molar-refractivity contribution in [3.63, 3.8) is 0 Å². The molecule has 0 spiro atoms. The summed E-state index contributed by atoms with van der Waals surface area (Å²) in [7, 11) is 1.38. The third-order valence-electron chi connectivity index (χ3n) is 2.92. The fourth-order valence-corrected chi connectivity index (χ4v) is 2.00. The molecular weight excluding hydrogens is 225 g/mol. The molecule has 1 aliphatic heterocycles. The van der Waals surface area contributed by atoms with Crippen LogP contribution >= 0.6 is 0 Å². The van der Waals surface area contributed by atoms with Gasteiger partial charge in [-0.3, -0.25) is 4.79 Å². The lowest BCUT2D eigenvalue weighted by Crippen LogP contribution is -2.26. The number of ether oxygens (including phenoxy) is 1. The molecule has 1 aromatic rings. The molecule has 17 heavy (non-hydrogen) atoms. The van der Waals surface area contributed by atoms with Crippen LogP contribution in [0.25, 0.3) is 0 Å². The second-order valence-corrected chi connectivity index (χ2v) is 4.05. The summed E-state index contributed by atoms with van der Waals surface area (Å²) < 4.78 is 18.8. The van der Waals surface area contributed by atoms with Gasteiger partial charge in [0.1, 0.15) is 0 Å². The lowest BCUT2D eigenvalue weighted by Gasteiger charge is -2.18. The Hall–Kier alpha value is -1.62. The zero-order chi connectivity index (χ0) is 12.4. The highest BCUT2D eigenvalue weighted by molar-refractivity contribution is 5.96. The monoisotopic (exact) mass is 239 g/mol. The van der Waals surface area contributed by atoms with Gasteiger partial charge in [0.2, 0.25) is 5.91 Å². The average Bonchev–Trinajstić information content (AvgIpc) is 2.71. The van der Waals surface area contributed by atoms with E-state index in [1.165, 1.54) is 24.1 Å². The molecule has 0 radical (unpaired) electrons. The Bertz CT molecular complexity index is 436. The van der Waals surface area contributed by atoms with Crippen LogP contribution in [-0.2, 0) is 4.79 Å². The Morgan fingerprint density at radius 3 is 2.94 bits per heavy atom. The van der Waals surface area contributed by atoms with Gasteiger partial charge in [-0.05, 0) is 12.1 Å². The molecule has 1 atom stereocenters. The van der Waals surface area contributed by atoms with Crippen LogP contribution in [-0.4, -0.2) is 31.3 Å². The number of halogens is 1. The maximum atomic E-state index is 13.9. The summed E-state index contributed by atoms with van der Waals surface area (Å²) >= 11 is 0. The molecule has 2 rings (SSSR count). The van der Waals surface area contributed by atoms with Gasteiger partial charge in [0, 0.05) is 25.5 Å². The number of rotatable bonds is 3. The Morgan fingerprint density at radius 2 is 2.35 bits per heavy atom. The molecule has 92 valence electrons. The Kier molecular flexibility index (Phi) is 3.28. The molecule has 1 heterocycles. The van der Waals surface area contributed by atoms with E-state index in [0.717, 1.165) is 0 Å². The van der Waals surface area contributed by atoms with Crippen LogP contribution in [0.3, 0.4) is 0 Å². The van der Waals surface area contributed by atoms with Gasteiger partial charge in [-0.2, -0.15) is 0 Å². The van der Waals surface area contributed by atoms with E-state index < -0.39 is 5.82 Å². The first-order valence-electron chi connectivity index (χ1n) is 5.41. The minimum atomic E-state index is -0.540. The number of benzene rings is 1. The van der Waals surface area contributed by atoms with Crippen molar-refractivity contribution in [3.05, 3.63) is 24.0 Å². The number of nitrogens with zero attached hydrogens (tertiary/aromatic N) is 1. The summed E-state index contributed by atoms with van der Waals surface area (Å²) in [4.78, 5) is 13.1. The molecule has 1 aromatic carbocycles. The number of anilines is 1. The van der Waals surface area contributed by atoms with Gasteiger partial charge in [0.15, 0.2) is 11.6 Å². The highest BCUT2D eigenvalue weighted by Crippen LogP contribution is 2.31. The number of aliphatic hydroxyl groups excluding tert-OH is 1. The summed E-state index contributed by atoms with van der Waals surface area (Å²) in [5.41, 5.74) is 0.213.